The summed E-state index contributed by atoms with van der Waals surface area (Å²) in [4.78, 5) is 4.13. The molecule has 1 N–H and O–H groups in total. The van der Waals surface area contributed by atoms with Crippen LogP contribution in [-0.2, 0) is 0 Å². The third-order valence-electron chi connectivity index (χ3n) is 2.78. The summed E-state index contributed by atoms with van der Waals surface area (Å²) in [6, 6.07) is 8.51. The second-order valence-corrected chi connectivity index (χ2v) is 4.09. The maximum Gasteiger partial charge on any atom is 0.0660 e. The minimum Gasteiger partial charge on any atom is -0.319 e. The summed E-state index contributed by atoms with van der Waals surface area (Å²) in [5, 5.41) is 0. The van der Waals surface area contributed by atoms with Crippen LogP contribution in [-0.4, -0.2) is 9.66 Å². The van der Waals surface area contributed by atoms with E-state index in [1.54, 1.807) is 6.20 Å². The van der Waals surface area contributed by atoms with Gasteiger partial charge in [0, 0.05) is 23.8 Å². The van der Waals surface area contributed by atoms with Crippen LogP contribution in [0.1, 0.15) is 29.9 Å². The predicted molar refractivity (Wildman–Crippen MR) is 65.9 cm³/mol. The monoisotopic (exact) mass is 215 g/mol. The summed E-state index contributed by atoms with van der Waals surface area (Å²) in [6.07, 6.45) is 3.69. The van der Waals surface area contributed by atoms with Crippen molar-refractivity contribution >= 4 is 0 Å². The van der Waals surface area contributed by atoms with Gasteiger partial charge in [-0.3, -0.25) is 9.66 Å². The van der Waals surface area contributed by atoms with E-state index in [0.717, 1.165) is 0 Å². The van der Waals surface area contributed by atoms with E-state index in [9.17, 15) is 0 Å². The van der Waals surface area contributed by atoms with Crippen LogP contribution in [0, 0.1) is 13.8 Å². The molecule has 0 aromatic carbocycles. The van der Waals surface area contributed by atoms with Gasteiger partial charge in [0.1, 0.15) is 0 Å². The molecule has 2 aromatic heterocycles. The Hall–Kier alpha value is -1.77. The van der Waals surface area contributed by atoms with Crippen molar-refractivity contribution < 1.29 is 0 Å². The number of rotatable bonds is 3. The van der Waals surface area contributed by atoms with Crippen LogP contribution in [0.5, 0.6) is 0 Å². The highest BCUT2D eigenvalue weighted by molar-refractivity contribution is 5.20. The molecule has 2 aromatic rings. The lowest BCUT2D eigenvalue weighted by molar-refractivity contribution is 0.697. The molecule has 0 aliphatic carbocycles. The Morgan fingerprint density at radius 1 is 1.19 bits per heavy atom. The van der Waals surface area contributed by atoms with Gasteiger partial charge in [0.15, 0.2) is 0 Å². The Morgan fingerprint density at radius 2 is 1.88 bits per heavy atom. The zero-order chi connectivity index (χ0) is 11.5. The van der Waals surface area contributed by atoms with E-state index in [0.29, 0.717) is 0 Å². The molecule has 0 amide bonds. The SMILES string of the molecule is Cc1ccc(C)n1NC(C)c1cccnc1. The van der Waals surface area contributed by atoms with Gasteiger partial charge in [0.2, 0.25) is 0 Å². The van der Waals surface area contributed by atoms with Crippen molar-refractivity contribution in [3.63, 3.8) is 0 Å². The molecule has 2 heterocycles. The van der Waals surface area contributed by atoms with E-state index < -0.39 is 0 Å². The van der Waals surface area contributed by atoms with E-state index >= 15 is 0 Å². The molecule has 16 heavy (non-hydrogen) atoms. The first-order valence-electron chi connectivity index (χ1n) is 5.50. The maximum absolute atomic E-state index is 4.13. The molecule has 3 heteroatoms. The number of nitrogens with zero attached hydrogens (tertiary/aromatic N) is 2. The van der Waals surface area contributed by atoms with Crippen LogP contribution in [0.2, 0.25) is 0 Å². The van der Waals surface area contributed by atoms with Crippen LogP contribution in [0.15, 0.2) is 36.7 Å². The van der Waals surface area contributed by atoms with E-state index in [-0.39, 0.29) is 6.04 Å². The minimum absolute atomic E-state index is 0.249. The lowest BCUT2D eigenvalue weighted by Crippen LogP contribution is -2.20. The van der Waals surface area contributed by atoms with Crippen LogP contribution in [0.25, 0.3) is 0 Å². The lowest BCUT2D eigenvalue weighted by atomic mass is 10.1. The maximum atomic E-state index is 4.13. The normalized spacial score (nSPS) is 12.4. The summed E-state index contributed by atoms with van der Waals surface area (Å²) in [5.41, 5.74) is 7.07. The summed E-state index contributed by atoms with van der Waals surface area (Å²) < 4.78 is 2.11. The van der Waals surface area contributed by atoms with Crippen molar-refractivity contribution in [1.82, 2.24) is 9.66 Å². The van der Waals surface area contributed by atoms with Crippen LogP contribution in [0.3, 0.4) is 0 Å². The van der Waals surface area contributed by atoms with Gasteiger partial charge in [-0.2, -0.15) is 0 Å². The first-order chi connectivity index (χ1) is 7.68. The van der Waals surface area contributed by atoms with Gasteiger partial charge in [-0.05, 0) is 44.5 Å². The number of hydrogen-bond acceptors (Lipinski definition) is 2. The Balaban J connectivity index is 2.17. The van der Waals surface area contributed by atoms with Gasteiger partial charge >= 0.3 is 0 Å². The zero-order valence-electron chi connectivity index (χ0n) is 9.94. The van der Waals surface area contributed by atoms with Crippen molar-refractivity contribution in [1.29, 1.82) is 0 Å². The molecule has 0 bridgehead atoms. The minimum atomic E-state index is 0.249. The van der Waals surface area contributed by atoms with Gasteiger partial charge in [-0.1, -0.05) is 6.07 Å². The Kier molecular flexibility index (Phi) is 2.95. The highest BCUT2D eigenvalue weighted by Crippen LogP contribution is 2.14. The van der Waals surface area contributed by atoms with Gasteiger partial charge < -0.3 is 5.43 Å². The fourth-order valence-corrected chi connectivity index (χ4v) is 1.77. The molecule has 0 radical (unpaired) electrons. The Labute approximate surface area is 96.1 Å². The number of pyridine rings is 1. The summed E-state index contributed by atoms with van der Waals surface area (Å²) >= 11 is 0. The third-order valence-corrected chi connectivity index (χ3v) is 2.78. The molecule has 0 aliphatic rings. The zero-order valence-corrected chi connectivity index (χ0v) is 9.94. The molecule has 1 atom stereocenters. The van der Waals surface area contributed by atoms with Gasteiger partial charge in [0.25, 0.3) is 0 Å². The van der Waals surface area contributed by atoms with Gasteiger partial charge in [-0.15, -0.1) is 0 Å². The van der Waals surface area contributed by atoms with Crippen molar-refractivity contribution in [3.05, 3.63) is 53.6 Å². The summed E-state index contributed by atoms with van der Waals surface area (Å²) in [5.74, 6) is 0. The largest absolute Gasteiger partial charge is 0.319 e. The van der Waals surface area contributed by atoms with Crippen LogP contribution in [0.4, 0.5) is 0 Å². The topological polar surface area (TPSA) is 29.9 Å². The predicted octanol–water partition coefficient (Wildman–Crippen LogP) is 2.80. The van der Waals surface area contributed by atoms with E-state index in [2.05, 4.69) is 54.1 Å². The third kappa shape index (κ3) is 2.08. The fraction of sp³-hybridized carbons (Fsp3) is 0.308. The highest BCUT2D eigenvalue weighted by atomic mass is 15.4. The second-order valence-electron chi connectivity index (χ2n) is 4.09. The number of hydrogen-bond donors (Lipinski definition) is 1. The second kappa shape index (κ2) is 4.39. The standard InChI is InChI=1S/C13H17N3/c1-10-6-7-11(2)16(10)15-12(3)13-5-4-8-14-9-13/h4-9,12,15H,1-3H3. The van der Waals surface area contributed by atoms with Crippen molar-refractivity contribution in [3.8, 4) is 0 Å². The van der Waals surface area contributed by atoms with Crippen LogP contribution < -0.4 is 5.43 Å². The quantitative estimate of drug-likeness (QED) is 0.853. The Morgan fingerprint density at radius 3 is 2.44 bits per heavy atom. The summed E-state index contributed by atoms with van der Waals surface area (Å²) in [6.45, 7) is 6.32. The van der Waals surface area contributed by atoms with Crippen molar-refractivity contribution in [2.45, 2.75) is 26.8 Å². The fourth-order valence-electron chi connectivity index (χ4n) is 1.77. The van der Waals surface area contributed by atoms with Gasteiger partial charge in [-0.25, -0.2) is 0 Å². The van der Waals surface area contributed by atoms with E-state index in [1.165, 1.54) is 17.0 Å². The molecule has 0 spiro atoms. The summed E-state index contributed by atoms with van der Waals surface area (Å²) in [7, 11) is 0. The highest BCUT2D eigenvalue weighted by Gasteiger charge is 2.07. The van der Waals surface area contributed by atoms with E-state index in [1.807, 2.05) is 12.3 Å². The molecule has 1 unspecified atom stereocenters. The van der Waals surface area contributed by atoms with Crippen molar-refractivity contribution in [2.24, 2.45) is 0 Å². The number of aromatic nitrogens is 2. The molecular formula is C13H17N3. The van der Waals surface area contributed by atoms with E-state index in [4.69, 9.17) is 0 Å². The first-order valence-corrected chi connectivity index (χ1v) is 5.50. The molecule has 0 saturated heterocycles. The average Bonchev–Trinajstić information content (AvgIpc) is 2.62. The first kappa shape index (κ1) is 10.7. The Bertz CT molecular complexity index is 440. The molecule has 0 fully saturated rings. The average molecular weight is 215 g/mol. The number of aryl methyl sites for hydroxylation is 2. The molecule has 0 aliphatic heterocycles. The van der Waals surface area contributed by atoms with Crippen molar-refractivity contribution in [2.75, 3.05) is 5.43 Å². The molecule has 0 saturated carbocycles. The number of nitrogens with one attached hydrogen (secondary N) is 1. The molecule has 84 valence electrons. The van der Waals surface area contributed by atoms with Crippen LogP contribution >= 0.6 is 0 Å². The molecular weight excluding hydrogens is 198 g/mol. The molecule has 3 nitrogen and oxygen atoms in total. The lowest BCUT2D eigenvalue weighted by Gasteiger charge is -2.19. The molecule has 2 rings (SSSR count). The smallest absolute Gasteiger partial charge is 0.0660 e. The van der Waals surface area contributed by atoms with Gasteiger partial charge in [0.05, 0.1) is 6.04 Å².